The van der Waals surface area contributed by atoms with Gasteiger partial charge in [0.25, 0.3) is 0 Å². The summed E-state index contributed by atoms with van der Waals surface area (Å²) in [5, 5.41) is 3.39. The van der Waals surface area contributed by atoms with Gasteiger partial charge in [0.1, 0.15) is 12.5 Å². The molecule has 1 N–H and O–H groups in total. The van der Waals surface area contributed by atoms with E-state index in [4.69, 9.17) is 9.47 Å². The number of hydrogen-bond donors (Lipinski definition) is 1. The zero-order valence-corrected chi connectivity index (χ0v) is 18.4. The molecule has 2 heterocycles. The molecule has 0 radical (unpaired) electrons. The molecule has 1 aromatic rings. The van der Waals surface area contributed by atoms with Gasteiger partial charge in [-0.25, -0.2) is 4.79 Å². The molecule has 0 unspecified atom stereocenters. The molecule has 7 nitrogen and oxygen atoms in total. The molecule has 0 bridgehead atoms. The predicted octanol–water partition coefficient (Wildman–Crippen LogP) is 3.57. The van der Waals surface area contributed by atoms with Crippen LogP contribution in [0.1, 0.15) is 38.7 Å². The van der Waals surface area contributed by atoms with Crippen LogP contribution in [0.4, 0.5) is 4.79 Å². The summed E-state index contributed by atoms with van der Waals surface area (Å²) in [5.41, 5.74) is 1.19. The van der Waals surface area contributed by atoms with E-state index in [-0.39, 0.29) is 11.6 Å². The highest BCUT2D eigenvalue weighted by molar-refractivity contribution is 5.79. The topological polar surface area (TPSA) is 66.4 Å². The first-order valence-electron chi connectivity index (χ1n) is 10.7. The highest BCUT2D eigenvalue weighted by Gasteiger charge is 2.37. The van der Waals surface area contributed by atoms with E-state index in [2.05, 4.69) is 17.0 Å². The fourth-order valence-corrected chi connectivity index (χ4v) is 3.82. The lowest BCUT2D eigenvalue weighted by Gasteiger charge is -2.31. The number of rotatable bonds is 7. The first-order chi connectivity index (χ1) is 14.4. The Morgan fingerprint density at radius 2 is 2.07 bits per heavy atom. The van der Waals surface area contributed by atoms with Crippen LogP contribution in [0.25, 0.3) is 5.70 Å². The number of urea groups is 1. The summed E-state index contributed by atoms with van der Waals surface area (Å²) in [5.74, 6) is 1.60. The third-order valence-corrected chi connectivity index (χ3v) is 5.83. The average molecular weight is 415 g/mol. The highest BCUT2D eigenvalue weighted by atomic mass is 16.5. The van der Waals surface area contributed by atoms with Crippen molar-refractivity contribution < 1.29 is 14.3 Å². The van der Waals surface area contributed by atoms with E-state index in [1.54, 1.807) is 18.1 Å². The van der Waals surface area contributed by atoms with Crippen molar-refractivity contribution in [1.82, 2.24) is 15.1 Å². The number of piperidine rings is 1. The van der Waals surface area contributed by atoms with Crippen LogP contribution in [0.2, 0.25) is 0 Å². The van der Waals surface area contributed by atoms with E-state index in [0.717, 1.165) is 43.3 Å². The molecule has 0 spiro atoms. The monoisotopic (exact) mass is 414 g/mol. The standard InChI is InChI=1S/C23H34N4O3/c1-23(2)16-29-17-27(23)22(28)26(4)15-21(24-3)19-5-7-20(8-6-19)30-14-11-18-9-12-25-13-10-18/h5-8,15,18,25H,3,9-14,16-17H2,1-2,4H3. The molecule has 2 saturated heterocycles. The van der Waals surface area contributed by atoms with E-state index >= 15 is 0 Å². The molecule has 0 aromatic heterocycles. The second-order valence-corrected chi connectivity index (χ2v) is 8.64. The Kier molecular flexibility index (Phi) is 7.50. The number of carbonyl (C=O) groups excluding carboxylic acids is 1. The lowest BCUT2D eigenvalue weighted by Crippen LogP contribution is -2.48. The maximum absolute atomic E-state index is 12.8. The number of carbonyl (C=O) groups is 1. The Hall–Kier alpha value is -2.38. The summed E-state index contributed by atoms with van der Waals surface area (Å²) in [7, 11) is 1.72. The minimum absolute atomic E-state index is 0.128. The highest BCUT2D eigenvalue weighted by Crippen LogP contribution is 2.25. The molecule has 2 aliphatic heterocycles. The van der Waals surface area contributed by atoms with E-state index < -0.39 is 0 Å². The maximum Gasteiger partial charge on any atom is 0.326 e. The van der Waals surface area contributed by atoms with Gasteiger partial charge in [0.15, 0.2) is 0 Å². The zero-order valence-electron chi connectivity index (χ0n) is 18.4. The molecule has 164 valence electrons. The fraction of sp³-hybridized carbons (Fsp3) is 0.565. The molecule has 30 heavy (non-hydrogen) atoms. The van der Waals surface area contributed by atoms with E-state index in [0.29, 0.717) is 19.0 Å². The largest absolute Gasteiger partial charge is 0.494 e. The van der Waals surface area contributed by atoms with Gasteiger partial charge in [0, 0.05) is 18.8 Å². The first kappa shape index (κ1) is 22.3. The van der Waals surface area contributed by atoms with Gasteiger partial charge >= 0.3 is 6.03 Å². The molecular weight excluding hydrogens is 380 g/mol. The SMILES string of the molecule is C=NC(=CN(C)C(=O)N1COCC1(C)C)c1ccc(OCCC2CCNCC2)cc1. The number of aliphatic imine (C=N–C) groups is 1. The normalized spacial score (nSPS) is 19.6. The van der Waals surface area contributed by atoms with Crippen LogP contribution in [-0.2, 0) is 4.74 Å². The van der Waals surface area contributed by atoms with Crippen LogP contribution in [-0.4, -0.2) is 68.2 Å². The molecule has 3 rings (SSSR count). The molecule has 2 amide bonds. The minimum atomic E-state index is -0.325. The van der Waals surface area contributed by atoms with Crippen molar-refractivity contribution in [1.29, 1.82) is 0 Å². The van der Waals surface area contributed by atoms with Crippen molar-refractivity contribution in [3.05, 3.63) is 36.0 Å². The summed E-state index contributed by atoms with van der Waals surface area (Å²) in [6.07, 6.45) is 5.26. The summed E-state index contributed by atoms with van der Waals surface area (Å²) in [4.78, 5) is 20.1. The van der Waals surface area contributed by atoms with Crippen LogP contribution in [0, 0.1) is 5.92 Å². The van der Waals surface area contributed by atoms with E-state index in [9.17, 15) is 4.79 Å². The minimum Gasteiger partial charge on any atom is -0.494 e. The van der Waals surface area contributed by atoms with Gasteiger partial charge in [-0.2, -0.15) is 0 Å². The molecule has 2 aliphatic rings. The first-order valence-corrected chi connectivity index (χ1v) is 10.7. The predicted molar refractivity (Wildman–Crippen MR) is 120 cm³/mol. The van der Waals surface area contributed by atoms with Gasteiger partial charge in [-0.1, -0.05) is 0 Å². The van der Waals surface area contributed by atoms with Crippen LogP contribution in [0.15, 0.2) is 35.5 Å². The second-order valence-electron chi connectivity index (χ2n) is 8.64. The Balaban J connectivity index is 1.57. The fourth-order valence-electron chi connectivity index (χ4n) is 3.82. The number of nitrogens with zero attached hydrogens (tertiary/aromatic N) is 3. The molecule has 0 atom stereocenters. The van der Waals surface area contributed by atoms with Gasteiger partial charge < -0.3 is 19.7 Å². The molecule has 0 aliphatic carbocycles. The summed E-state index contributed by atoms with van der Waals surface area (Å²) in [6.45, 7) is 11.4. The van der Waals surface area contributed by atoms with Gasteiger partial charge in [-0.15, -0.1) is 0 Å². The van der Waals surface area contributed by atoms with Crippen molar-refractivity contribution in [2.24, 2.45) is 10.9 Å². The Morgan fingerprint density at radius 3 is 2.67 bits per heavy atom. The van der Waals surface area contributed by atoms with Crippen molar-refractivity contribution in [2.75, 3.05) is 40.1 Å². The van der Waals surface area contributed by atoms with Crippen molar-refractivity contribution in [3.8, 4) is 5.75 Å². The second kappa shape index (κ2) is 10.1. The quantitative estimate of drug-likeness (QED) is 0.693. The average Bonchev–Trinajstić information content (AvgIpc) is 3.11. The number of hydrogen-bond acceptors (Lipinski definition) is 5. The van der Waals surface area contributed by atoms with Crippen LogP contribution in [0.5, 0.6) is 5.75 Å². The molecule has 2 fully saturated rings. The van der Waals surface area contributed by atoms with E-state index in [1.807, 2.05) is 38.1 Å². The number of amides is 2. The van der Waals surface area contributed by atoms with Crippen molar-refractivity contribution >= 4 is 18.4 Å². The van der Waals surface area contributed by atoms with E-state index in [1.165, 1.54) is 17.7 Å². The van der Waals surface area contributed by atoms with Gasteiger partial charge in [0.2, 0.25) is 0 Å². The maximum atomic E-state index is 12.8. The summed E-state index contributed by atoms with van der Waals surface area (Å²) < 4.78 is 11.4. The third kappa shape index (κ3) is 5.61. The molecule has 1 aromatic carbocycles. The molecular formula is C23H34N4O3. The third-order valence-electron chi connectivity index (χ3n) is 5.83. The molecule has 7 heteroatoms. The molecule has 0 saturated carbocycles. The number of ether oxygens (including phenoxy) is 2. The Morgan fingerprint density at radius 1 is 1.37 bits per heavy atom. The Bertz CT molecular complexity index is 754. The Labute approximate surface area is 179 Å². The summed E-state index contributed by atoms with van der Waals surface area (Å²) in [6, 6.07) is 7.64. The van der Waals surface area contributed by atoms with Crippen LogP contribution >= 0.6 is 0 Å². The zero-order chi connectivity index (χ0) is 21.6. The van der Waals surface area contributed by atoms with Gasteiger partial charge in [-0.3, -0.25) is 9.89 Å². The smallest absolute Gasteiger partial charge is 0.326 e. The van der Waals surface area contributed by atoms with Crippen LogP contribution in [0.3, 0.4) is 0 Å². The van der Waals surface area contributed by atoms with Crippen molar-refractivity contribution in [3.63, 3.8) is 0 Å². The van der Waals surface area contributed by atoms with Gasteiger partial charge in [0.05, 0.1) is 24.4 Å². The summed E-state index contributed by atoms with van der Waals surface area (Å²) >= 11 is 0. The number of nitrogens with one attached hydrogen (secondary N) is 1. The van der Waals surface area contributed by atoms with Gasteiger partial charge in [-0.05, 0) is 83.1 Å². The van der Waals surface area contributed by atoms with Crippen LogP contribution < -0.4 is 10.1 Å². The van der Waals surface area contributed by atoms with Crippen molar-refractivity contribution in [2.45, 2.75) is 38.6 Å². The lowest BCUT2D eigenvalue weighted by molar-refractivity contribution is 0.125. The lowest BCUT2D eigenvalue weighted by atomic mass is 9.95. The number of benzene rings is 1.